The van der Waals surface area contributed by atoms with Crippen LogP contribution in [0.15, 0.2) is 24.4 Å². The number of ether oxygens (including phenoxy) is 2. The quantitative estimate of drug-likeness (QED) is 0.805. The molecule has 1 unspecified atom stereocenters. The predicted molar refractivity (Wildman–Crippen MR) is 89.7 cm³/mol. The minimum atomic E-state index is -0.375. The van der Waals surface area contributed by atoms with Crippen LogP contribution in [0.2, 0.25) is 0 Å². The lowest BCUT2D eigenvalue weighted by molar-refractivity contribution is -0.146. The zero-order valence-corrected chi connectivity index (χ0v) is 14.1. The summed E-state index contributed by atoms with van der Waals surface area (Å²) in [5.74, 6) is 0.399. The molecule has 4 rings (SSSR count). The number of carbonyl (C=O) groups excluding carboxylic acids is 1. The zero-order valence-electron chi connectivity index (χ0n) is 14.1. The Morgan fingerprint density at radius 2 is 2.25 bits per heavy atom. The van der Waals surface area contributed by atoms with Gasteiger partial charge in [0, 0.05) is 17.5 Å². The first-order valence-corrected chi connectivity index (χ1v) is 8.54. The number of hydrogen-bond donors (Lipinski definition) is 0. The molecule has 2 aromatic rings. The molecule has 3 heterocycles. The van der Waals surface area contributed by atoms with Gasteiger partial charge in [-0.3, -0.25) is 9.58 Å². The molecule has 6 heteroatoms. The molecule has 24 heavy (non-hydrogen) atoms. The molecule has 0 aliphatic carbocycles. The number of nitrogens with zero attached hydrogens (tertiary/aromatic N) is 3. The van der Waals surface area contributed by atoms with Gasteiger partial charge in [-0.1, -0.05) is 25.1 Å². The minimum Gasteiger partial charge on any atom is -0.468 e. The average molecular weight is 329 g/mol. The summed E-state index contributed by atoms with van der Waals surface area (Å²) in [7, 11) is 1.46. The standard InChI is InChI=1S/C18H23N3O3/c1-12-6-7-20(9-12)17(18(22)23-2)15-5-3-4-13-8-19-21(16(13)15)14-10-24-11-14/h3-5,8,12,14,17H,6-7,9-11H2,1-2H3/t12-,17?/m1/s1. The average Bonchev–Trinajstić information content (AvgIpc) is 3.13. The molecular formula is C18H23N3O3. The van der Waals surface area contributed by atoms with Crippen molar-refractivity contribution in [3.05, 3.63) is 30.0 Å². The van der Waals surface area contributed by atoms with Crippen molar-refractivity contribution < 1.29 is 14.3 Å². The maximum absolute atomic E-state index is 12.6. The summed E-state index contributed by atoms with van der Waals surface area (Å²) >= 11 is 0. The van der Waals surface area contributed by atoms with E-state index < -0.39 is 0 Å². The van der Waals surface area contributed by atoms with Gasteiger partial charge in [-0.2, -0.15) is 5.10 Å². The van der Waals surface area contributed by atoms with E-state index in [1.165, 1.54) is 7.11 Å². The van der Waals surface area contributed by atoms with Crippen molar-refractivity contribution in [1.29, 1.82) is 0 Å². The van der Waals surface area contributed by atoms with Crippen LogP contribution in [-0.4, -0.2) is 54.1 Å². The molecule has 2 atom stereocenters. The van der Waals surface area contributed by atoms with Crippen molar-refractivity contribution in [3.8, 4) is 0 Å². The minimum absolute atomic E-state index is 0.200. The topological polar surface area (TPSA) is 56.6 Å². The second kappa shape index (κ2) is 6.18. The molecule has 2 saturated heterocycles. The monoisotopic (exact) mass is 329 g/mol. The Bertz CT molecular complexity index is 753. The van der Waals surface area contributed by atoms with Crippen LogP contribution in [0, 0.1) is 5.92 Å². The summed E-state index contributed by atoms with van der Waals surface area (Å²) in [4.78, 5) is 14.9. The lowest BCUT2D eigenvalue weighted by Crippen LogP contribution is -2.35. The summed E-state index contributed by atoms with van der Waals surface area (Å²) in [5, 5.41) is 5.61. The first-order chi connectivity index (χ1) is 11.7. The number of fused-ring (bicyclic) bond motifs is 1. The number of benzene rings is 1. The molecule has 1 aromatic heterocycles. The second-order valence-corrected chi connectivity index (χ2v) is 6.88. The molecule has 1 aromatic carbocycles. The summed E-state index contributed by atoms with van der Waals surface area (Å²) in [6.07, 6.45) is 2.98. The number of para-hydroxylation sites is 1. The highest BCUT2D eigenvalue weighted by molar-refractivity contribution is 5.88. The lowest BCUT2D eigenvalue weighted by Gasteiger charge is -2.30. The summed E-state index contributed by atoms with van der Waals surface area (Å²) in [6.45, 7) is 5.41. The molecule has 2 aliphatic heterocycles. The van der Waals surface area contributed by atoms with E-state index in [-0.39, 0.29) is 18.1 Å². The number of hydrogen-bond acceptors (Lipinski definition) is 5. The van der Waals surface area contributed by atoms with Crippen LogP contribution in [0.5, 0.6) is 0 Å². The molecule has 0 N–H and O–H groups in total. The number of rotatable bonds is 4. The molecule has 0 radical (unpaired) electrons. The van der Waals surface area contributed by atoms with Gasteiger partial charge in [0.1, 0.15) is 6.04 Å². The smallest absolute Gasteiger partial charge is 0.327 e. The first-order valence-electron chi connectivity index (χ1n) is 8.54. The van der Waals surface area contributed by atoms with Crippen molar-refractivity contribution >= 4 is 16.9 Å². The highest BCUT2D eigenvalue weighted by Gasteiger charge is 2.35. The van der Waals surface area contributed by atoms with Gasteiger partial charge in [0.25, 0.3) is 0 Å². The molecule has 128 valence electrons. The Balaban J connectivity index is 1.82. The Kier molecular flexibility index (Phi) is 4.02. The predicted octanol–water partition coefficient (Wildman–Crippen LogP) is 2.16. The van der Waals surface area contributed by atoms with Crippen molar-refractivity contribution in [2.24, 2.45) is 5.92 Å². The van der Waals surface area contributed by atoms with Crippen molar-refractivity contribution in [2.75, 3.05) is 33.4 Å². The van der Waals surface area contributed by atoms with Crippen molar-refractivity contribution in [1.82, 2.24) is 14.7 Å². The number of likely N-dealkylation sites (tertiary alicyclic amines) is 1. The Morgan fingerprint density at radius 1 is 1.42 bits per heavy atom. The third kappa shape index (κ3) is 2.50. The molecule has 0 amide bonds. The molecule has 6 nitrogen and oxygen atoms in total. The van der Waals surface area contributed by atoms with Crippen LogP contribution in [0.25, 0.3) is 10.9 Å². The Hall–Kier alpha value is -1.92. The highest BCUT2D eigenvalue weighted by atomic mass is 16.5. The van der Waals surface area contributed by atoms with Crippen molar-refractivity contribution in [2.45, 2.75) is 25.4 Å². The van der Waals surface area contributed by atoms with Crippen molar-refractivity contribution in [3.63, 3.8) is 0 Å². The number of esters is 1. The third-order valence-corrected chi connectivity index (χ3v) is 5.15. The van der Waals surface area contributed by atoms with E-state index in [9.17, 15) is 4.79 Å². The van der Waals surface area contributed by atoms with Gasteiger partial charge in [0.05, 0.1) is 38.1 Å². The van der Waals surface area contributed by atoms with E-state index in [1.54, 1.807) is 0 Å². The van der Waals surface area contributed by atoms with Gasteiger partial charge in [0.2, 0.25) is 0 Å². The fourth-order valence-corrected chi connectivity index (χ4v) is 3.78. The molecule has 0 bridgehead atoms. The van der Waals surface area contributed by atoms with Crippen LogP contribution in [0.4, 0.5) is 0 Å². The van der Waals surface area contributed by atoms with Gasteiger partial charge in [-0.25, -0.2) is 4.79 Å². The van der Waals surface area contributed by atoms with E-state index in [4.69, 9.17) is 9.47 Å². The molecular weight excluding hydrogens is 306 g/mol. The summed E-state index contributed by atoms with van der Waals surface area (Å²) in [5.41, 5.74) is 2.01. The SMILES string of the molecule is COC(=O)C(c1cccc2cnn(C3COC3)c12)N1CC[C@@H](C)C1. The molecule has 2 aliphatic rings. The summed E-state index contributed by atoms with van der Waals surface area (Å²) in [6, 6.07) is 5.95. The maximum atomic E-state index is 12.6. The first kappa shape index (κ1) is 15.6. The molecule has 0 saturated carbocycles. The molecule has 0 spiro atoms. The fraction of sp³-hybridized carbons (Fsp3) is 0.556. The van der Waals surface area contributed by atoms with Gasteiger partial charge >= 0.3 is 5.97 Å². The van der Waals surface area contributed by atoms with Gasteiger partial charge in [0.15, 0.2) is 0 Å². The van der Waals surface area contributed by atoms with Gasteiger partial charge in [-0.15, -0.1) is 0 Å². The van der Waals surface area contributed by atoms with Crippen LogP contribution >= 0.6 is 0 Å². The number of methoxy groups -OCH3 is 1. The Labute approximate surface area is 141 Å². The summed E-state index contributed by atoms with van der Waals surface area (Å²) < 4.78 is 12.5. The van der Waals surface area contributed by atoms with E-state index in [1.807, 2.05) is 29.1 Å². The van der Waals surface area contributed by atoms with E-state index >= 15 is 0 Å². The lowest BCUT2D eigenvalue weighted by atomic mass is 10.0. The van der Waals surface area contributed by atoms with Crippen LogP contribution in [0.3, 0.4) is 0 Å². The molecule has 2 fully saturated rings. The van der Waals surface area contributed by atoms with Gasteiger partial charge < -0.3 is 9.47 Å². The number of carbonyl (C=O) groups is 1. The number of aromatic nitrogens is 2. The third-order valence-electron chi connectivity index (χ3n) is 5.15. The second-order valence-electron chi connectivity index (χ2n) is 6.88. The zero-order chi connectivity index (χ0) is 16.7. The van der Waals surface area contributed by atoms with Gasteiger partial charge in [-0.05, 0) is 18.9 Å². The Morgan fingerprint density at radius 3 is 2.88 bits per heavy atom. The fourth-order valence-electron chi connectivity index (χ4n) is 3.78. The normalized spacial score (nSPS) is 23.3. The van der Waals surface area contributed by atoms with Crippen LogP contribution < -0.4 is 0 Å². The van der Waals surface area contributed by atoms with Crippen LogP contribution in [0.1, 0.15) is 31.0 Å². The van der Waals surface area contributed by atoms with Crippen LogP contribution in [-0.2, 0) is 14.3 Å². The van der Waals surface area contributed by atoms with E-state index in [0.29, 0.717) is 19.1 Å². The van der Waals surface area contributed by atoms with E-state index in [2.05, 4.69) is 16.9 Å². The largest absolute Gasteiger partial charge is 0.468 e. The highest BCUT2D eigenvalue weighted by Crippen LogP contribution is 2.34. The maximum Gasteiger partial charge on any atom is 0.327 e. The van der Waals surface area contributed by atoms with E-state index in [0.717, 1.165) is 36.0 Å².